The third kappa shape index (κ3) is 5.62. The van der Waals surface area contributed by atoms with Crippen LogP contribution in [0.15, 0.2) is 40.3 Å². The van der Waals surface area contributed by atoms with E-state index >= 15 is 0 Å². The molecule has 0 aliphatic rings. The summed E-state index contributed by atoms with van der Waals surface area (Å²) < 4.78 is 4.70. The average Bonchev–Trinajstić information content (AvgIpc) is 2.56. The summed E-state index contributed by atoms with van der Waals surface area (Å²) in [6.07, 6.45) is 0.0977. The molecule has 0 aliphatic carbocycles. The van der Waals surface area contributed by atoms with Gasteiger partial charge in [0.15, 0.2) is 10.9 Å². The van der Waals surface area contributed by atoms with Crippen LogP contribution in [-0.2, 0) is 20.7 Å². The van der Waals surface area contributed by atoms with Crippen molar-refractivity contribution < 1.29 is 14.3 Å². The minimum Gasteiger partial charge on any atom is -0.466 e. The second-order valence-electron chi connectivity index (χ2n) is 4.88. The topological polar surface area (TPSA) is 102 Å². The van der Waals surface area contributed by atoms with Crippen LogP contribution in [0.25, 0.3) is 0 Å². The molecule has 0 bridgehead atoms. The average molecular weight is 347 g/mol. The Hall–Kier alpha value is -2.48. The molecule has 0 radical (unpaired) electrons. The number of carbonyl (C=O) groups excluding carboxylic acids is 2. The molecule has 0 atom stereocenters. The second-order valence-corrected chi connectivity index (χ2v) is 5.84. The number of Topliss-reactive ketones (excluding diaryl/α,β-unsaturated/α-hetero) is 1. The number of carbonyl (C=O) groups is 2. The number of hydrogen-bond acceptors (Lipinski definition) is 7. The summed E-state index contributed by atoms with van der Waals surface area (Å²) in [4.78, 5) is 37.4. The number of nitrogens with zero attached hydrogens (tertiary/aromatic N) is 2. The molecule has 0 saturated heterocycles. The third-order valence-electron chi connectivity index (χ3n) is 2.98. The van der Waals surface area contributed by atoms with E-state index in [9.17, 15) is 14.4 Å². The van der Waals surface area contributed by atoms with Gasteiger partial charge >= 0.3 is 5.97 Å². The molecule has 2 aromatic rings. The number of thioether (sulfide) groups is 1. The Labute approximate surface area is 142 Å². The lowest BCUT2D eigenvalue weighted by Crippen LogP contribution is -2.18. The van der Waals surface area contributed by atoms with Crippen molar-refractivity contribution in [3.8, 4) is 0 Å². The van der Waals surface area contributed by atoms with Gasteiger partial charge in [0.1, 0.15) is 12.1 Å². The maximum absolute atomic E-state index is 12.0. The summed E-state index contributed by atoms with van der Waals surface area (Å²) in [7, 11) is 0. The number of benzene rings is 1. The van der Waals surface area contributed by atoms with E-state index in [1.807, 2.05) is 30.3 Å². The van der Waals surface area contributed by atoms with Gasteiger partial charge in [0.25, 0.3) is 5.56 Å². The molecular formula is C16H17N3O4S. The zero-order valence-electron chi connectivity index (χ0n) is 13.2. The van der Waals surface area contributed by atoms with Gasteiger partial charge in [-0.05, 0) is 12.5 Å². The van der Waals surface area contributed by atoms with Crippen molar-refractivity contribution >= 4 is 23.5 Å². The number of ketones is 1. The van der Waals surface area contributed by atoms with Crippen LogP contribution in [0.1, 0.15) is 24.6 Å². The Kier molecular flexibility index (Phi) is 6.68. The Balaban J connectivity index is 1.91. The van der Waals surface area contributed by atoms with Gasteiger partial charge < -0.3 is 4.74 Å². The first kappa shape index (κ1) is 17.9. The van der Waals surface area contributed by atoms with Gasteiger partial charge in [-0.25, -0.2) is 0 Å². The summed E-state index contributed by atoms with van der Waals surface area (Å²) in [5.74, 6) is -0.836. The summed E-state index contributed by atoms with van der Waals surface area (Å²) in [5, 5.41) is 8.08. The van der Waals surface area contributed by atoms with Crippen LogP contribution < -0.4 is 5.56 Å². The number of aromatic nitrogens is 3. The van der Waals surface area contributed by atoms with E-state index < -0.39 is 5.97 Å². The number of esters is 1. The predicted molar refractivity (Wildman–Crippen MR) is 88.9 cm³/mol. The second kappa shape index (κ2) is 8.97. The lowest BCUT2D eigenvalue weighted by molar-refractivity contribution is -0.145. The lowest BCUT2D eigenvalue weighted by Gasteiger charge is -2.03. The highest BCUT2D eigenvalue weighted by Gasteiger charge is 2.12. The van der Waals surface area contributed by atoms with E-state index in [2.05, 4.69) is 15.2 Å². The van der Waals surface area contributed by atoms with Crippen molar-refractivity contribution in [1.82, 2.24) is 15.2 Å². The van der Waals surface area contributed by atoms with Gasteiger partial charge in [-0.3, -0.25) is 19.4 Å². The molecule has 0 unspecified atom stereocenters. The van der Waals surface area contributed by atoms with Gasteiger partial charge in [0.05, 0.1) is 12.4 Å². The highest BCUT2D eigenvalue weighted by Crippen LogP contribution is 2.11. The molecule has 1 aromatic carbocycles. The minimum absolute atomic E-state index is 0.0153. The van der Waals surface area contributed by atoms with Crippen molar-refractivity contribution in [2.24, 2.45) is 0 Å². The van der Waals surface area contributed by atoms with Crippen LogP contribution in [0.4, 0.5) is 0 Å². The van der Waals surface area contributed by atoms with E-state index in [1.165, 1.54) is 0 Å². The van der Waals surface area contributed by atoms with E-state index in [0.717, 1.165) is 17.3 Å². The highest BCUT2D eigenvalue weighted by atomic mass is 32.2. The fourth-order valence-electron chi connectivity index (χ4n) is 1.89. The fraction of sp³-hybridized carbons (Fsp3) is 0.312. The Bertz CT molecular complexity index is 761. The Morgan fingerprint density at radius 2 is 1.96 bits per heavy atom. The summed E-state index contributed by atoms with van der Waals surface area (Å²) in [5.41, 5.74) is 0.930. The van der Waals surface area contributed by atoms with Gasteiger partial charge in [-0.2, -0.15) is 0 Å². The molecule has 8 heteroatoms. The van der Waals surface area contributed by atoms with Crippen LogP contribution in [-0.4, -0.2) is 39.3 Å². The molecule has 1 aromatic heterocycles. The van der Waals surface area contributed by atoms with Crippen molar-refractivity contribution in [3.05, 3.63) is 51.9 Å². The van der Waals surface area contributed by atoms with Crippen LogP contribution in [0.3, 0.4) is 0 Å². The Morgan fingerprint density at radius 3 is 2.62 bits per heavy atom. The van der Waals surface area contributed by atoms with Gasteiger partial charge in [0, 0.05) is 6.42 Å². The predicted octanol–water partition coefficient (Wildman–Crippen LogP) is 1.37. The first-order valence-electron chi connectivity index (χ1n) is 7.38. The summed E-state index contributed by atoms with van der Waals surface area (Å²) >= 11 is 1.03. The molecule has 0 spiro atoms. The number of rotatable bonds is 8. The molecule has 1 N–H and O–H groups in total. The molecule has 2 rings (SSSR count). The normalized spacial score (nSPS) is 10.4. The fourth-order valence-corrected chi connectivity index (χ4v) is 2.55. The van der Waals surface area contributed by atoms with Crippen LogP contribution >= 0.6 is 11.8 Å². The van der Waals surface area contributed by atoms with E-state index in [4.69, 9.17) is 4.74 Å². The zero-order valence-corrected chi connectivity index (χ0v) is 14.0. The summed E-state index contributed by atoms with van der Waals surface area (Å²) in [6, 6.07) is 9.47. The monoisotopic (exact) mass is 347 g/mol. The lowest BCUT2D eigenvalue weighted by atomic mass is 10.1. The molecule has 24 heavy (non-hydrogen) atoms. The smallest absolute Gasteiger partial charge is 0.313 e. The SMILES string of the molecule is CCOC(=O)CC(=O)CSc1nnc(Cc2ccccc2)c(=O)[nH]1. The van der Waals surface area contributed by atoms with Gasteiger partial charge in [-0.15, -0.1) is 10.2 Å². The molecule has 0 fully saturated rings. The molecule has 0 saturated carbocycles. The molecule has 126 valence electrons. The van der Waals surface area contributed by atoms with E-state index in [1.54, 1.807) is 6.92 Å². The number of aromatic amines is 1. The van der Waals surface area contributed by atoms with Crippen molar-refractivity contribution in [3.63, 3.8) is 0 Å². The van der Waals surface area contributed by atoms with E-state index in [-0.39, 0.29) is 35.3 Å². The maximum Gasteiger partial charge on any atom is 0.313 e. The molecule has 0 aliphatic heterocycles. The van der Waals surface area contributed by atoms with Gasteiger partial charge in [0.2, 0.25) is 0 Å². The number of nitrogens with one attached hydrogen (secondary N) is 1. The van der Waals surface area contributed by atoms with Gasteiger partial charge in [-0.1, -0.05) is 42.1 Å². The molecule has 7 nitrogen and oxygen atoms in total. The van der Waals surface area contributed by atoms with Crippen LogP contribution in [0.2, 0.25) is 0 Å². The van der Waals surface area contributed by atoms with Crippen molar-refractivity contribution in [2.75, 3.05) is 12.4 Å². The number of hydrogen-bond donors (Lipinski definition) is 1. The molecular weight excluding hydrogens is 330 g/mol. The first-order valence-corrected chi connectivity index (χ1v) is 8.37. The third-order valence-corrected chi connectivity index (χ3v) is 3.90. The van der Waals surface area contributed by atoms with Crippen LogP contribution in [0.5, 0.6) is 0 Å². The Morgan fingerprint density at radius 1 is 1.21 bits per heavy atom. The van der Waals surface area contributed by atoms with E-state index in [0.29, 0.717) is 12.1 Å². The highest BCUT2D eigenvalue weighted by molar-refractivity contribution is 7.99. The maximum atomic E-state index is 12.0. The first-order chi connectivity index (χ1) is 11.6. The number of H-pyrrole nitrogens is 1. The summed E-state index contributed by atoms with van der Waals surface area (Å²) in [6.45, 7) is 1.91. The largest absolute Gasteiger partial charge is 0.466 e. The molecule has 0 amide bonds. The quantitative estimate of drug-likeness (QED) is 0.437. The minimum atomic E-state index is -0.555. The van der Waals surface area contributed by atoms with Crippen molar-refractivity contribution in [1.29, 1.82) is 0 Å². The zero-order chi connectivity index (χ0) is 17.4. The number of ether oxygens (including phenoxy) is 1. The molecule has 1 heterocycles. The van der Waals surface area contributed by atoms with Crippen LogP contribution in [0, 0.1) is 0 Å². The standard InChI is InChI=1S/C16H17N3O4S/c1-2-23-14(21)9-12(20)10-24-16-17-15(22)13(18-19-16)8-11-6-4-3-5-7-11/h3-7H,2,8-10H2,1H3,(H,17,19,22). The van der Waals surface area contributed by atoms with Crippen molar-refractivity contribution in [2.45, 2.75) is 24.9 Å².